The molecule has 126 valence electrons. The Morgan fingerprint density at radius 2 is 1.96 bits per heavy atom. The highest BCUT2D eigenvalue weighted by Crippen LogP contribution is 2.26. The van der Waals surface area contributed by atoms with Crippen LogP contribution in [0.15, 0.2) is 53.4 Å². The van der Waals surface area contributed by atoms with E-state index in [4.69, 9.17) is 4.52 Å². The molecule has 25 heavy (non-hydrogen) atoms. The Bertz CT molecular complexity index is 1030. The fourth-order valence-electron chi connectivity index (χ4n) is 2.46. The van der Waals surface area contributed by atoms with Crippen molar-refractivity contribution in [2.45, 2.75) is 26.2 Å². The molecule has 1 N–H and O–H groups in total. The second-order valence-corrected chi connectivity index (χ2v) is 6.81. The fraction of sp³-hybridized carbons (Fsp3) is 0.222. The Kier molecular flexibility index (Phi) is 3.49. The summed E-state index contributed by atoms with van der Waals surface area (Å²) in [6.07, 6.45) is 3.45. The van der Waals surface area contributed by atoms with Gasteiger partial charge >= 0.3 is 0 Å². The van der Waals surface area contributed by atoms with Crippen molar-refractivity contribution in [3.8, 4) is 11.4 Å². The largest absolute Gasteiger partial charge is 0.338 e. The van der Waals surface area contributed by atoms with Crippen LogP contribution in [0.25, 0.3) is 17.0 Å². The molecule has 0 spiro atoms. The van der Waals surface area contributed by atoms with Crippen molar-refractivity contribution in [2.24, 2.45) is 0 Å². The monoisotopic (exact) mass is 334 g/mol. The van der Waals surface area contributed by atoms with Crippen LogP contribution in [0.5, 0.6) is 0 Å². The maximum atomic E-state index is 5.38. The van der Waals surface area contributed by atoms with E-state index in [-0.39, 0.29) is 5.41 Å². The molecule has 0 unspecified atom stereocenters. The van der Waals surface area contributed by atoms with Crippen LogP contribution in [0, 0.1) is 0 Å². The summed E-state index contributed by atoms with van der Waals surface area (Å²) < 4.78 is 7.27. The number of rotatable bonds is 3. The van der Waals surface area contributed by atoms with Gasteiger partial charge in [-0.05, 0) is 24.3 Å². The number of nitrogens with one attached hydrogen (secondary N) is 1. The van der Waals surface area contributed by atoms with Crippen LogP contribution >= 0.6 is 0 Å². The summed E-state index contributed by atoms with van der Waals surface area (Å²) in [5, 5.41) is 7.40. The van der Waals surface area contributed by atoms with Gasteiger partial charge in [-0.25, -0.2) is 9.97 Å². The molecule has 0 aliphatic rings. The maximum Gasteiger partial charge on any atom is 0.232 e. The Balaban J connectivity index is 1.66. The van der Waals surface area contributed by atoms with Gasteiger partial charge in [0.2, 0.25) is 17.7 Å². The molecule has 0 aliphatic carbocycles. The van der Waals surface area contributed by atoms with Gasteiger partial charge in [-0.1, -0.05) is 38.1 Å². The summed E-state index contributed by atoms with van der Waals surface area (Å²) in [4.78, 5) is 13.0. The topological polar surface area (TPSA) is 81.1 Å². The lowest BCUT2D eigenvalue weighted by atomic mass is 9.97. The normalized spacial score (nSPS) is 11.8. The molecule has 0 amide bonds. The van der Waals surface area contributed by atoms with Gasteiger partial charge in [0.15, 0.2) is 0 Å². The predicted octanol–water partition coefficient (Wildman–Crippen LogP) is 3.82. The van der Waals surface area contributed by atoms with Crippen molar-refractivity contribution in [3.05, 3.63) is 54.8 Å². The van der Waals surface area contributed by atoms with Crippen LogP contribution in [0.2, 0.25) is 0 Å². The molecular formula is C18H18N6O. The van der Waals surface area contributed by atoms with E-state index < -0.39 is 0 Å². The standard InChI is InChI=1S/C18H18N6O/c1-18(2,3)16-22-15(23-25-16)12-6-4-7-13(10-12)21-17-20-11-19-14-8-5-9-24(14)17/h4-11H,1-3H3,(H,19,20,21). The van der Waals surface area contributed by atoms with Gasteiger partial charge in [0.05, 0.1) is 0 Å². The number of anilines is 2. The van der Waals surface area contributed by atoms with Crippen molar-refractivity contribution in [2.75, 3.05) is 5.32 Å². The van der Waals surface area contributed by atoms with Crippen LogP contribution in [-0.4, -0.2) is 24.5 Å². The van der Waals surface area contributed by atoms with Crippen molar-refractivity contribution in [1.29, 1.82) is 0 Å². The van der Waals surface area contributed by atoms with Crippen LogP contribution in [-0.2, 0) is 5.41 Å². The molecule has 7 heteroatoms. The molecule has 1 aromatic carbocycles. The third kappa shape index (κ3) is 2.96. The quantitative estimate of drug-likeness (QED) is 0.613. The molecular weight excluding hydrogens is 316 g/mol. The van der Waals surface area contributed by atoms with Gasteiger partial charge in [0.1, 0.15) is 12.0 Å². The first-order valence-electron chi connectivity index (χ1n) is 8.00. The molecule has 0 saturated carbocycles. The van der Waals surface area contributed by atoms with Crippen LogP contribution in [0.4, 0.5) is 11.6 Å². The predicted molar refractivity (Wildman–Crippen MR) is 94.7 cm³/mol. The summed E-state index contributed by atoms with van der Waals surface area (Å²) in [6, 6.07) is 11.7. The highest BCUT2D eigenvalue weighted by atomic mass is 16.5. The lowest BCUT2D eigenvalue weighted by Gasteiger charge is -2.10. The zero-order valence-corrected chi connectivity index (χ0v) is 14.3. The van der Waals surface area contributed by atoms with E-state index in [2.05, 4.69) is 25.4 Å². The summed E-state index contributed by atoms with van der Waals surface area (Å²) >= 11 is 0. The SMILES string of the molecule is CC(C)(C)c1nc(-c2cccc(Nc3ncnc4cccn34)c2)no1. The Morgan fingerprint density at radius 1 is 1.08 bits per heavy atom. The number of hydrogen-bond acceptors (Lipinski definition) is 6. The second-order valence-electron chi connectivity index (χ2n) is 6.81. The van der Waals surface area contributed by atoms with Crippen molar-refractivity contribution < 1.29 is 4.52 Å². The van der Waals surface area contributed by atoms with Crippen LogP contribution < -0.4 is 5.32 Å². The van der Waals surface area contributed by atoms with Gasteiger partial charge in [-0.3, -0.25) is 4.40 Å². The number of hydrogen-bond donors (Lipinski definition) is 1. The molecule has 0 saturated heterocycles. The first-order chi connectivity index (χ1) is 12.0. The Morgan fingerprint density at radius 3 is 2.76 bits per heavy atom. The molecule has 0 atom stereocenters. The third-order valence-corrected chi connectivity index (χ3v) is 3.77. The van der Waals surface area contributed by atoms with Gasteiger partial charge in [0, 0.05) is 22.9 Å². The Labute approximate surface area is 144 Å². The molecule has 0 fully saturated rings. The minimum absolute atomic E-state index is 0.178. The van der Waals surface area contributed by atoms with Gasteiger partial charge < -0.3 is 9.84 Å². The zero-order valence-electron chi connectivity index (χ0n) is 14.3. The highest BCUT2D eigenvalue weighted by molar-refractivity contribution is 5.65. The average Bonchev–Trinajstić information content (AvgIpc) is 3.25. The van der Waals surface area contributed by atoms with Crippen molar-refractivity contribution in [1.82, 2.24) is 24.5 Å². The minimum Gasteiger partial charge on any atom is -0.338 e. The van der Waals surface area contributed by atoms with E-state index in [0.717, 1.165) is 16.9 Å². The maximum absolute atomic E-state index is 5.38. The highest BCUT2D eigenvalue weighted by Gasteiger charge is 2.22. The van der Waals surface area contributed by atoms with Crippen LogP contribution in [0.1, 0.15) is 26.7 Å². The summed E-state index contributed by atoms with van der Waals surface area (Å²) in [5.41, 5.74) is 2.42. The molecule has 7 nitrogen and oxygen atoms in total. The Hall–Kier alpha value is -3.22. The first-order valence-corrected chi connectivity index (χ1v) is 8.00. The number of nitrogens with zero attached hydrogens (tertiary/aromatic N) is 5. The third-order valence-electron chi connectivity index (χ3n) is 3.77. The lowest BCUT2D eigenvalue weighted by Crippen LogP contribution is -2.11. The molecule has 0 radical (unpaired) electrons. The minimum atomic E-state index is -0.178. The smallest absolute Gasteiger partial charge is 0.232 e. The number of benzene rings is 1. The molecule has 0 aliphatic heterocycles. The lowest BCUT2D eigenvalue weighted by molar-refractivity contribution is 0.321. The number of fused-ring (bicyclic) bond motifs is 1. The van der Waals surface area contributed by atoms with E-state index in [1.807, 2.05) is 67.8 Å². The molecule has 3 aromatic heterocycles. The average molecular weight is 334 g/mol. The van der Waals surface area contributed by atoms with E-state index in [1.54, 1.807) is 0 Å². The van der Waals surface area contributed by atoms with Gasteiger partial charge in [-0.2, -0.15) is 4.98 Å². The van der Waals surface area contributed by atoms with E-state index in [1.165, 1.54) is 6.33 Å². The van der Waals surface area contributed by atoms with Crippen molar-refractivity contribution >= 4 is 17.3 Å². The zero-order chi connectivity index (χ0) is 17.4. The van der Waals surface area contributed by atoms with Crippen LogP contribution in [0.3, 0.4) is 0 Å². The fourth-order valence-corrected chi connectivity index (χ4v) is 2.46. The van der Waals surface area contributed by atoms with E-state index in [9.17, 15) is 0 Å². The first kappa shape index (κ1) is 15.3. The summed E-state index contributed by atoms with van der Waals surface area (Å²) in [7, 11) is 0. The molecule has 3 heterocycles. The summed E-state index contributed by atoms with van der Waals surface area (Å²) in [6.45, 7) is 6.12. The second kappa shape index (κ2) is 5.70. The van der Waals surface area contributed by atoms with Gasteiger partial charge in [0.25, 0.3) is 0 Å². The van der Waals surface area contributed by atoms with E-state index >= 15 is 0 Å². The molecule has 4 rings (SSSR count). The molecule has 4 aromatic rings. The number of aromatic nitrogens is 5. The van der Waals surface area contributed by atoms with E-state index in [0.29, 0.717) is 17.7 Å². The van der Waals surface area contributed by atoms with Gasteiger partial charge in [-0.15, -0.1) is 0 Å². The summed E-state index contributed by atoms with van der Waals surface area (Å²) in [5.74, 6) is 1.88. The van der Waals surface area contributed by atoms with Crippen molar-refractivity contribution in [3.63, 3.8) is 0 Å². The molecule has 0 bridgehead atoms.